The number of nitrogens with two attached hydrogens (primary N) is 1. The van der Waals surface area contributed by atoms with Gasteiger partial charge >= 0.3 is 12.1 Å². The number of amides is 4. The highest BCUT2D eigenvalue weighted by Gasteiger charge is 2.34. The van der Waals surface area contributed by atoms with Crippen LogP contribution in [0.4, 0.5) is 44.5 Å². The van der Waals surface area contributed by atoms with Crippen LogP contribution < -0.4 is 40.7 Å². The summed E-state index contributed by atoms with van der Waals surface area (Å²) in [6.45, 7) is 0.723. The highest BCUT2D eigenvalue weighted by molar-refractivity contribution is 7.87. The number of fused-ring (bicyclic) bond motifs is 2. The smallest absolute Gasteiger partial charge is 0.330 e. The molecule has 0 atom stereocenters. The molecule has 2 aliphatic carbocycles. The van der Waals surface area contributed by atoms with Crippen LogP contribution in [0, 0.1) is 0 Å². The zero-order valence-electron chi connectivity index (χ0n) is 34.1. The Morgan fingerprint density at radius 2 is 1.07 bits per heavy atom. The van der Waals surface area contributed by atoms with E-state index in [-0.39, 0.29) is 24.1 Å². The summed E-state index contributed by atoms with van der Waals surface area (Å²) in [6.07, 6.45) is 10.6. The van der Waals surface area contributed by atoms with E-state index >= 15 is 0 Å². The van der Waals surface area contributed by atoms with Crippen LogP contribution >= 0.6 is 23.2 Å². The first-order chi connectivity index (χ1) is 28.7. The Morgan fingerprint density at radius 3 is 1.48 bits per heavy atom. The largest absolute Gasteiger partial charge is 0.351 e. The third-order valence-electron chi connectivity index (χ3n) is 11.3. The number of rotatable bonds is 9. The summed E-state index contributed by atoms with van der Waals surface area (Å²) in [7, 11) is 3.00. The van der Waals surface area contributed by atoms with E-state index in [0.29, 0.717) is 70.1 Å². The molecule has 60 heavy (non-hydrogen) atoms. The summed E-state index contributed by atoms with van der Waals surface area (Å²) < 4.78 is 28.0. The number of urea groups is 2. The van der Waals surface area contributed by atoms with Crippen molar-refractivity contribution in [1.29, 1.82) is 0 Å². The van der Waals surface area contributed by atoms with Gasteiger partial charge in [-0.15, -0.1) is 0 Å². The van der Waals surface area contributed by atoms with Crippen molar-refractivity contribution in [3.05, 3.63) is 82.1 Å². The predicted octanol–water partition coefficient (Wildman–Crippen LogP) is 6.21. The van der Waals surface area contributed by atoms with E-state index in [1.807, 2.05) is 36.4 Å². The lowest BCUT2D eigenvalue weighted by molar-refractivity contribution is 0.250. The van der Waals surface area contributed by atoms with Gasteiger partial charge in [0, 0.05) is 75.9 Å². The number of anilines is 6. The fourth-order valence-electron chi connectivity index (χ4n) is 7.78. The molecular weight excluding hydrogens is 829 g/mol. The molecule has 4 amide bonds. The number of nitrogens with zero attached hydrogens (tertiary/aromatic N) is 9. The van der Waals surface area contributed by atoms with E-state index in [9.17, 15) is 18.0 Å². The number of carbonyl (C=O) groups is 2. The molecule has 0 spiro atoms. The van der Waals surface area contributed by atoms with Crippen molar-refractivity contribution in [2.75, 3.05) is 58.4 Å². The number of carbonyl (C=O) groups excluding carboxylic acids is 2. The molecule has 8 rings (SSSR count). The Bertz CT molecular complexity index is 2310. The Labute approximate surface area is 360 Å². The second kappa shape index (κ2) is 18.4. The van der Waals surface area contributed by atoms with Crippen molar-refractivity contribution >= 4 is 80.4 Å². The van der Waals surface area contributed by atoms with Crippen LogP contribution in [-0.4, -0.2) is 97.1 Å². The molecular formula is C40H51Cl2N13O4S. The third-order valence-corrected chi connectivity index (χ3v) is 13.5. The maximum absolute atomic E-state index is 13.0. The first-order valence-corrected chi connectivity index (χ1v) is 22.2. The Balaban J connectivity index is 0.000000185. The van der Waals surface area contributed by atoms with E-state index < -0.39 is 10.2 Å². The molecule has 2 aromatic heterocycles. The van der Waals surface area contributed by atoms with Gasteiger partial charge in [-0.3, -0.25) is 19.6 Å². The highest BCUT2D eigenvalue weighted by atomic mass is 35.5. The molecule has 20 heteroatoms. The van der Waals surface area contributed by atoms with Crippen LogP contribution in [0.25, 0.3) is 0 Å². The van der Waals surface area contributed by atoms with Crippen molar-refractivity contribution in [3.8, 4) is 0 Å². The maximum atomic E-state index is 13.0. The van der Waals surface area contributed by atoms with Gasteiger partial charge < -0.3 is 16.4 Å². The van der Waals surface area contributed by atoms with Crippen molar-refractivity contribution in [1.82, 2.24) is 29.0 Å². The van der Waals surface area contributed by atoms with Gasteiger partial charge in [-0.25, -0.2) is 19.6 Å². The molecule has 320 valence electrons. The molecule has 0 bridgehead atoms. The minimum atomic E-state index is -3.43. The van der Waals surface area contributed by atoms with Crippen molar-refractivity contribution in [2.45, 2.75) is 88.6 Å². The summed E-state index contributed by atoms with van der Waals surface area (Å²) in [4.78, 5) is 50.3. The van der Waals surface area contributed by atoms with E-state index in [2.05, 4.69) is 35.3 Å². The van der Waals surface area contributed by atoms with Crippen LogP contribution in [-0.2, 0) is 23.3 Å². The molecule has 17 nitrogen and oxygen atoms in total. The number of hydrogen-bond donors (Lipinski definition) is 4. The second-order valence-corrected chi connectivity index (χ2v) is 18.4. The van der Waals surface area contributed by atoms with Gasteiger partial charge in [0.1, 0.15) is 11.6 Å². The number of halogens is 2. The average molecular weight is 881 g/mol. The lowest BCUT2D eigenvalue weighted by Gasteiger charge is -2.35. The van der Waals surface area contributed by atoms with Gasteiger partial charge in [0.2, 0.25) is 11.9 Å². The van der Waals surface area contributed by atoms with Crippen LogP contribution in [0.15, 0.2) is 60.9 Å². The predicted molar refractivity (Wildman–Crippen MR) is 236 cm³/mol. The molecule has 2 aromatic carbocycles. The van der Waals surface area contributed by atoms with E-state index in [0.717, 1.165) is 62.5 Å². The summed E-state index contributed by atoms with van der Waals surface area (Å²) in [6, 6.07) is 14.8. The molecule has 0 saturated heterocycles. The zero-order valence-corrected chi connectivity index (χ0v) is 36.4. The number of para-hydroxylation sites is 2. The summed E-state index contributed by atoms with van der Waals surface area (Å²) in [5.74, 6) is 2.21. The topological polar surface area (TPSA) is 198 Å². The Kier molecular flexibility index (Phi) is 13.3. The minimum Gasteiger partial charge on any atom is -0.351 e. The molecule has 5 N–H and O–H groups in total. The molecule has 2 aliphatic heterocycles. The van der Waals surface area contributed by atoms with Crippen molar-refractivity contribution in [3.63, 3.8) is 0 Å². The maximum Gasteiger partial charge on any atom is 0.330 e. The molecule has 0 unspecified atom stereocenters. The summed E-state index contributed by atoms with van der Waals surface area (Å²) >= 11 is 12.6. The molecule has 4 aromatic rings. The van der Waals surface area contributed by atoms with Crippen LogP contribution in [0.3, 0.4) is 0 Å². The molecule has 2 fully saturated rings. The second-order valence-electron chi connectivity index (χ2n) is 15.7. The average Bonchev–Trinajstić information content (AvgIpc) is 3.23. The van der Waals surface area contributed by atoms with Gasteiger partial charge in [-0.2, -0.15) is 27.4 Å². The van der Waals surface area contributed by atoms with Crippen molar-refractivity contribution in [2.24, 2.45) is 5.73 Å². The van der Waals surface area contributed by atoms with Crippen molar-refractivity contribution < 1.29 is 18.0 Å². The van der Waals surface area contributed by atoms with E-state index in [4.69, 9.17) is 28.9 Å². The molecule has 2 saturated carbocycles. The third kappa shape index (κ3) is 9.69. The van der Waals surface area contributed by atoms with Gasteiger partial charge in [-0.1, -0.05) is 47.5 Å². The van der Waals surface area contributed by atoms with Gasteiger partial charge in [0.15, 0.2) is 0 Å². The summed E-state index contributed by atoms with van der Waals surface area (Å²) in [5, 5.41) is 7.77. The lowest BCUT2D eigenvalue weighted by Crippen LogP contribution is -2.46. The standard InChI is InChI=1S/C21H28ClN7O3S.C19H23ClN6O/c1-27(2)33(31,32)26-16-10-8-15(9-11-16)24-20-23-12-14-13-29(18-7-5-4-6-17(18)22)21(30)28(3)19(14)25-20;1-25-17-12(11-26(19(25)27)16-5-3-2-4-15(16)20)10-22-18(24-17)23-14-8-6-13(21)7-9-14/h4-7,12,15-16,26H,8-11,13H2,1-3H3,(H,23,24,25);2-5,10,13-14H,6-9,11,21H2,1H3,(H,22,23,24). The first-order valence-electron chi connectivity index (χ1n) is 20.0. The number of aromatic nitrogens is 4. The molecule has 4 aliphatic rings. The Morgan fingerprint density at radius 1 is 0.667 bits per heavy atom. The monoisotopic (exact) mass is 879 g/mol. The summed E-state index contributed by atoms with van der Waals surface area (Å²) in [5.41, 5.74) is 9.00. The van der Waals surface area contributed by atoms with Gasteiger partial charge in [0.25, 0.3) is 10.2 Å². The quantitative estimate of drug-likeness (QED) is 0.149. The normalized spacial score (nSPS) is 21.9. The highest BCUT2D eigenvalue weighted by Crippen LogP contribution is 2.35. The van der Waals surface area contributed by atoms with Gasteiger partial charge in [-0.05, 0) is 75.6 Å². The zero-order chi connectivity index (χ0) is 42.7. The van der Waals surface area contributed by atoms with E-state index in [1.54, 1.807) is 53.3 Å². The Hall–Kier alpha value is -4.85. The molecule has 0 radical (unpaired) electrons. The fraction of sp³-hybridized carbons (Fsp3) is 0.450. The number of benzene rings is 2. The number of nitrogens with one attached hydrogen (secondary N) is 3. The van der Waals surface area contributed by atoms with Crippen LogP contribution in [0.1, 0.15) is 62.5 Å². The SMILES string of the molecule is CN1C(=O)N(c2ccccc2Cl)Cc2cnc(NC3CCC(N)CC3)nc21.CN1C(=O)N(c2ccccc2Cl)Cc2cnc(NC3CCC(NS(=O)(=O)N(C)C)CC3)nc21. The van der Waals surface area contributed by atoms with Crippen LogP contribution in [0.2, 0.25) is 10.0 Å². The first kappa shape index (κ1) is 43.2. The number of hydrogen-bond acceptors (Lipinski definition) is 11. The lowest BCUT2D eigenvalue weighted by atomic mass is 9.92. The fourth-order valence-corrected chi connectivity index (χ4v) is 9.12. The van der Waals surface area contributed by atoms with E-state index in [1.165, 1.54) is 23.3 Å². The minimum absolute atomic E-state index is 0.0838. The van der Waals surface area contributed by atoms with Gasteiger partial charge in [0.05, 0.1) is 34.5 Å². The molecule has 4 heterocycles. The van der Waals surface area contributed by atoms with Crippen LogP contribution in [0.5, 0.6) is 0 Å².